The van der Waals surface area contributed by atoms with E-state index in [0.29, 0.717) is 16.6 Å². The second-order valence-corrected chi connectivity index (χ2v) is 5.94. The Labute approximate surface area is 117 Å². The van der Waals surface area contributed by atoms with Gasteiger partial charge in [-0.05, 0) is 24.6 Å². The topological polar surface area (TPSA) is 49.8 Å². The van der Waals surface area contributed by atoms with Crippen molar-refractivity contribution in [2.24, 2.45) is 0 Å². The van der Waals surface area contributed by atoms with Gasteiger partial charge >= 0.3 is 0 Å². The number of hydrogen-bond donors (Lipinski definition) is 1. The Morgan fingerprint density at radius 1 is 1.58 bits per heavy atom. The highest BCUT2D eigenvalue weighted by molar-refractivity contribution is 8.00. The predicted octanol–water partition coefficient (Wildman–Crippen LogP) is 2.37. The quantitative estimate of drug-likeness (QED) is 0.924. The fourth-order valence-electron chi connectivity index (χ4n) is 2.13. The molecule has 1 aliphatic rings. The summed E-state index contributed by atoms with van der Waals surface area (Å²) in [7, 11) is 1.55. The van der Waals surface area contributed by atoms with Gasteiger partial charge in [-0.3, -0.25) is 4.79 Å². The predicted molar refractivity (Wildman–Crippen MR) is 77.1 cm³/mol. The molecule has 1 N–H and O–H groups in total. The molecule has 0 spiro atoms. The van der Waals surface area contributed by atoms with E-state index >= 15 is 0 Å². The van der Waals surface area contributed by atoms with E-state index in [4.69, 9.17) is 4.74 Å². The van der Waals surface area contributed by atoms with E-state index in [0.717, 1.165) is 25.3 Å². The molecule has 0 radical (unpaired) electrons. The second-order valence-electron chi connectivity index (χ2n) is 4.54. The van der Waals surface area contributed by atoms with Crippen molar-refractivity contribution in [2.45, 2.75) is 18.6 Å². The van der Waals surface area contributed by atoms with Crippen molar-refractivity contribution in [1.82, 2.24) is 4.90 Å². The highest BCUT2D eigenvalue weighted by Gasteiger charge is 2.25. The van der Waals surface area contributed by atoms with Gasteiger partial charge in [0.1, 0.15) is 11.5 Å². The molecule has 0 aromatic heterocycles. The molecule has 4 nitrogen and oxygen atoms in total. The number of carbonyl (C=O) groups excluding carboxylic acids is 1. The largest absolute Gasteiger partial charge is 0.507 e. The molecular formula is C14H19NO3S. The van der Waals surface area contributed by atoms with Crippen molar-refractivity contribution >= 4 is 17.7 Å². The van der Waals surface area contributed by atoms with Crippen LogP contribution in [0.15, 0.2) is 18.2 Å². The standard InChI is InChI=1S/C14H19NO3S/c1-3-11-9-15(6-7-19-11)14(17)12-8-10(18-2)4-5-13(12)16/h4-5,8,11,16H,3,6-7,9H2,1-2H3. The fourth-order valence-corrected chi connectivity index (χ4v) is 3.31. The Hall–Kier alpha value is -1.36. The number of phenolic OH excluding ortho intramolecular Hbond substituents is 1. The molecule has 0 aliphatic carbocycles. The lowest BCUT2D eigenvalue weighted by molar-refractivity contribution is 0.0757. The number of hydrogen-bond acceptors (Lipinski definition) is 4. The molecular weight excluding hydrogens is 262 g/mol. The number of thioether (sulfide) groups is 1. The first-order valence-corrected chi connectivity index (χ1v) is 7.48. The van der Waals surface area contributed by atoms with Gasteiger partial charge in [-0.25, -0.2) is 0 Å². The molecule has 1 atom stereocenters. The molecule has 19 heavy (non-hydrogen) atoms. The Morgan fingerprint density at radius 2 is 2.37 bits per heavy atom. The molecule has 104 valence electrons. The van der Waals surface area contributed by atoms with E-state index < -0.39 is 0 Å². The lowest BCUT2D eigenvalue weighted by Crippen LogP contribution is -2.41. The Balaban J connectivity index is 2.18. The van der Waals surface area contributed by atoms with E-state index in [1.54, 1.807) is 19.2 Å². The number of aromatic hydroxyl groups is 1. The molecule has 1 aliphatic heterocycles. The Bertz CT molecular complexity index is 464. The Morgan fingerprint density at radius 3 is 3.05 bits per heavy atom. The summed E-state index contributed by atoms with van der Waals surface area (Å²) in [5.41, 5.74) is 0.320. The number of amides is 1. The maximum atomic E-state index is 12.5. The minimum atomic E-state index is -0.116. The van der Waals surface area contributed by atoms with E-state index in [9.17, 15) is 9.90 Å². The van der Waals surface area contributed by atoms with E-state index in [-0.39, 0.29) is 11.7 Å². The van der Waals surface area contributed by atoms with Crippen LogP contribution < -0.4 is 4.74 Å². The number of rotatable bonds is 3. The van der Waals surface area contributed by atoms with Gasteiger partial charge in [-0.1, -0.05) is 6.92 Å². The molecule has 1 unspecified atom stereocenters. The zero-order valence-corrected chi connectivity index (χ0v) is 12.1. The summed E-state index contributed by atoms with van der Waals surface area (Å²) in [6, 6.07) is 4.75. The molecule has 1 fully saturated rings. The molecule has 1 saturated heterocycles. The summed E-state index contributed by atoms with van der Waals surface area (Å²) in [6.45, 7) is 3.61. The third-order valence-electron chi connectivity index (χ3n) is 3.32. The van der Waals surface area contributed by atoms with Crippen LogP contribution in [-0.2, 0) is 0 Å². The minimum Gasteiger partial charge on any atom is -0.507 e. The average molecular weight is 281 g/mol. The van der Waals surface area contributed by atoms with Gasteiger partial charge in [-0.2, -0.15) is 11.8 Å². The summed E-state index contributed by atoms with van der Waals surface area (Å²) >= 11 is 1.91. The second kappa shape index (κ2) is 6.19. The third kappa shape index (κ3) is 3.15. The van der Waals surface area contributed by atoms with Gasteiger partial charge in [0, 0.05) is 24.1 Å². The number of phenols is 1. The van der Waals surface area contributed by atoms with Crippen LogP contribution in [0.5, 0.6) is 11.5 Å². The van der Waals surface area contributed by atoms with Crippen molar-refractivity contribution < 1.29 is 14.6 Å². The maximum Gasteiger partial charge on any atom is 0.257 e. The molecule has 0 saturated carbocycles. The third-order valence-corrected chi connectivity index (χ3v) is 4.69. The first kappa shape index (κ1) is 14.1. The van der Waals surface area contributed by atoms with Crippen molar-refractivity contribution in [3.8, 4) is 11.5 Å². The lowest BCUT2D eigenvalue weighted by atomic mass is 10.1. The van der Waals surface area contributed by atoms with Crippen LogP contribution in [0.2, 0.25) is 0 Å². The van der Waals surface area contributed by atoms with Crippen LogP contribution in [-0.4, -0.2) is 47.1 Å². The molecule has 1 aromatic carbocycles. The molecule has 1 heterocycles. The van der Waals surface area contributed by atoms with Gasteiger partial charge in [0.05, 0.1) is 12.7 Å². The first-order chi connectivity index (χ1) is 9.15. The van der Waals surface area contributed by atoms with Crippen LogP contribution in [0.4, 0.5) is 0 Å². The van der Waals surface area contributed by atoms with Crippen molar-refractivity contribution in [3.05, 3.63) is 23.8 Å². The SMILES string of the molecule is CCC1CN(C(=O)c2cc(OC)ccc2O)CCS1. The van der Waals surface area contributed by atoms with Crippen LogP contribution in [0.3, 0.4) is 0 Å². The highest BCUT2D eigenvalue weighted by atomic mass is 32.2. The number of ether oxygens (including phenoxy) is 1. The number of methoxy groups -OCH3 is 1. The highest BCUT2D eigenvalue weighted by Crippen LogP contribution is 2.27. The molecule has 1 amide bonds. The van der Waals surface area contributed by atoms with Gasteiger partial charge in [0.25, 0.3) is 5.91 Å². The van der Waals surface area contributed by atoms with E-state index in [2.05, 4.69) is 6.92 Å². The van der Waals surface area contributed by atoms with Crippen LogP contribution in [0.1, 0.15) is 23.7 Å². The first-order valence-electron chi connectivity index (χ1n) is 6.43. The lowest BCUT2D eigenvalue weighted by Gasteiger charge is -2.32. The number of benzene rings is 1. The number of nitrogens with zero attached hydrogens (tertiary/aromatic N) is 1. The monoisotopic (exact) mass is 281 g/mol. The summed E-state index contributed by atoms with van der Waals surface area (Å²) in [4.78, 5) is 14.3. The normalized spacial score (nSPS) is 19.3. The molecule has 2 rings (SSSR count). The summed E-state index contributed by atoms with van der Waals surface area (Å²) in [6.07, 6.45) is 1.05. The van der Waals surface area contributed by atoms with Gasteiger partial charge in [0.2, 0.25) is 0 Å². The average Bonchev–Trinajstić information content (AvgIpc) is 2.47. The zero-order chi connectivity index (χ0) is 13.8. The van der Waals surface area contributed by atoms with Crippen molar-refractivity contribution in [3.63, 3.8) is 0 Å². The molecule has 1 aromatic rings. The zero-order valence-electron chi connectivity index (χ0n) is 11.3. The molecule has 5 heteroatoms. The van der Waals surface area contributed by atoms with E-state index in [1.807, 2.05) is 16.7 Å². The van der Waals surface area contributed by atoms with Gasteiger partial charge in [-0.15, -0.1) is 0 Å². The van der Waals surface area contributed by atoms with Crippen molar-refractivity contribution in [1.29, 1.82) is 0 Å². The summed E-state index contributed by atoms with van der Waals surface area (Å²) in [5.74, 6) is 1.43. The summed E-state index contributed by atoms with van der Waals surface area (Å²) in [5, 5.41) is 10.3. The molecule has 0 bridgehead atoms. The Kier molecular flexibility index (Phi) is 4.58. The van der Waals surface area contributed by atoms with Crippen LogP contribution in [0, 0.1) is 0 Å². The van der Waals surface area contributed by atoms with Crippen LogP contribution in [0.25, 0.3) is 0 Å². The van der Waals surface area contributed by atoms with Crippen LogP contribution >= 0.6 is 11.8 Å². The number of carbonyl (C=O) groups is 1. The maximum absolute atomic E-state index is 12.5. The summed E-state index contributed by atoms with van der Waals surface area (Å²) < 4.78 is 5.10. The minimum absolute atomic E-state index is 0.0112. The van der Waals surface area contributed by atoms with Crippen molar-refractivity contribution in [2.75, 3.05) is 26.0 Å². The van der Waals surface area contributed by atoms with Gasteiger partial charge in [0.15, 0.2) is 0 Å². The fraction of sp³-hybridized carbons (Fsp3) is 0.500. The van der Waals surface area contributed by atoms with Gasteiger partial charge < -0.3 is 14.7 Å². The van der Waals surface area contributed by atoms with E-state index in [1.165, 1.54) is 6.07 Å². The smallest absolute Gasteiger partial charge is 0.257 e.